The van der Waals surface area contributed by atoms with Crippen LogP contribution >= 0.6 is 11.6 Å². The number of aromatic nitrogens is 1. The second-order valence-electron chi connectivity index (χ2n) is 3.89. The highest BCUT2D eigenvalue weighted by molar-refractivity contribution is 6.35. The number of benzene rings is 1. The SMILES string of the molecule is OCC(O)C(O)c1cc(Cl)c2cccnc2c1O. The number of hydrogen-bond donors (Lipinski definition) is 4. The molecule has 1 aromatic heterocycles. The van der Waals surface area contributed by atoms with Gasteiger partial charge in [0.1, 0.15) is 23.5 Å². The number of rotatable bonds is 3. The average molecular weight is 270 g/mol. The number of fused-ring (bicyclic) bond motifs is 1. The fourth-order valence-electron chi connectivity index (χ4n) is 1.74. The van der Waals surface area contributed by atoms with Crippen molar-refractivity contribution in [2.24, 2.45) is 0 Å². The first-order valence-corrected chi connectivity index (χ1v) is 5.67. The molecule has 2 unspecified atom stereocenters. The van der Waals surface area contributed by atoms with Crippen molar-refractivity contribution in [2.75, 3.05) is 6.61 Å². The fraction of sp³-hybridized carbons (Fsp3) is 0.250. The van der Waals surface area contributed by atoms with Crippen LogP contribution in [0.1, 0.15) is 11.7 Å². The Bertz CT molecular complexity index is 575. The van der Waals surface area contributed by atoms with Crippen LogP contribution in [-0.4, -0.2) is 38.1 Å². The second kappa shape index (κ2) is 5.07. The molecule has 0 bridgehead atoms. The summed E-state index contributed by atoms with van der Waals surface area (Å²) in [5.74, 6) is -0.255. The molecule has 96 valence electrons. The van der Waals surface area contributed by atoms with Crippen molar-refractivity contribution in [3.8, 4) is 5.75 Å². The molecular formula is C12H12ClNO4. The lowest BCUT2D eigenvalue weighted by Crippen LogP contribution is -2.22. The normalized spacial score (nSPS) is 14.7. The molecule has 0 radical (unpaired) electrons. The van der Waals surface area contributed by atoms with Crippen LogP contribution in [-0.2, 0) is 0 Å². The Morgan fingerprint density at radius 1 is 1.33 bits per heavy atom. The van der Waals surface area contributed by atoms with Crippen molar-refractivity contribution in [3.05, 3.63) is 35.0 Å². The molecule has 4 N–H and O–H groups in total. The summed E-state index contributed by atoms with van der Waals surface area (Å²) in [6.07, 6.45) is -1.34. The highest BCUT2D eigenvalue weighted by Crippen LogP contribution is 2.36. The number of hydrogen-bond acceptors (Lipinski definition) is 5. The Balaban J connectivity index is 2.63. The molecule has 0 saturated carbocycles. The minimum absolute atomic E-state index is 0.0350. The molecule has 5 nitrogen and oxygen atoms in total. The zero-order valence-electron chi connectivity index (χ0n) is 9.29. The van der Waals surface area contributed by atoms with E-state index >= 15 is 0 Å². The van der Waals surface area contributed by atoms with Crippen molar-refractivity contribution in [2.45, 2.75) is 12.2 Å². The first-order valence-electron chi connectivity index (χ1n) is 5.29. The Morgan fingerprint density at radius 3 is 2.72 bits per heavy atom. The fourth-order valence-corrected chi connectivity index (χ4v) is 2.01. The molecule has 0 aliphatic carbocycles. The number of aliphatic hydroxyl groups excluding tert-OH is 3. The summed E-state index contributed by atoms with van der Waals surface area (Å²) in [5.41, 5.74) is 0.275. The standard InChI is InChI=1S/C12H12ClNO4/c13-8-4-7(11(17)9(16)5-15)12(18)10-6(8)2-1-3-14-10/h1-4,9,11,15-18H,5H2. The number of nitrogens with zero attached hydrogens (tertiary/aromatic N) is 1. The molecule has 1 aromatic carbocycles. The molecule has 0 spiro atoms. The number of aromatic hydroxyl groups is 1. The van der Waals surface area contributed by atoms with Gasteiger partial charge in [-0.15, -0.1) is 0 Å². The van der Waals surface area contributed by atoms with E-state index in [1.165, 1.54) is 12.3 Å². The van der Waals surface area contributed by atoms with Gasteiger partial charge >= 0.3 is 0 Å². The summed E-state index contributed by atoms with van der Waals surface area (Å²) in [6, 6.07) is 4.71. The van der Waals surface area contributed by atoms with Gasteiger partial charge in [-0.1, -0.05) is 11.6 Å². The van der Waals surface area contributed by atoms with Crippen molar-refractivity contribution >= 4 is 22.5 Å². The maximum Gasteiger partial charge on any atom is 0.147 e. The van der Waals surface area contributed by atoms with Crippen molar-refractivity contribution < 1.29 is 20.4 Å². The van der Waals surface area contributed by atoms with Gasteiger partial charge in [0, 0.05) is 17.1 Å². The van der Waals surface area contributed by atoms with Crippen LogP contribution in [0.4, 0.5) is 0 Å². The number of phenolic OH excluding ortho intramolecular Hbond substituents is 1. The summed E-state index contributed by atoms with van der Waals surface area (Å²) >= 11 is 6.02. The van der Waals surface area contributed by atoms with E-state index in [1.54, 1.807) is 12.1 Å². The van der Waals surface area contributed by atoms with Gasteiger partial charge in [-0.3, -0.25) is 4.98 Å². The molecule has 2 atom stereocenters. The van der Waals surface area contributed by atoms with E-state index in [4.69, 9.17) is 16.7 Å². The average Bonchev–Trinajstić information content (AvgIpc) is 2.41. The minimum atomic E-state index is -1.43. The third-order valence-corrected chi connectivity index (χ3v) is 3.03. The van der Waals surface area contributed by atoms with E-state index in [0.29, 0.717) is 10.4 Å². The molecule has 18 heavy (non-hydrogen) atoms. The Hall–Kier alpha value is -1.40. The summed E-state index contributed by atoms with van der Waals surface area (Å²) in [6.45, 7) is -0.627. The lowest BCUT2D eigenvalue weighted by atomic mass is 10.0. The van der Waals surface area contributed by atoms with Crippen LogP contribution in [0.15, 0.2) is 24.4 Å². The van der Waals surface area contributed by atoms with Gasteiger partial charge in [0.05, 0.1) is 11.6 Å². The zero-order valence-corrected chi connectivity index (χ0v) is 10.0. The number of phenols is 1. The largest absolute Gasteiger partial charge is 0.505 e. The van der Waals surface area contributed by atoms with Gasteiger partial charge in [0.25, 0.3) is 0 Å². The predicted molar refractivity (Wildman–Crippen MR) is 66.5 cm³/mol. The summed E-state index contributed by atoms with van der Waals surface area (Å²) in [5, 5.41) is 38.9. The van der Waals surface area contributed by atoms with Gasteiger partial charge in [-0.05, 0) is 18.2 Å². The van der Waals surface area contributed by atoms with Crippen LogP contribution in [0.2, 0.25) is 5.02 Å². The summed E-state index contributed by atoms with van der Waals surface area (Å²) in [4.78, 5) is 3.98. The van der Waals surface area contributed by atoms with Crippen molar-refractivity contribution in [1.82, 2.24) is 4.98 Å². The first-order chi connectivity index (χ1) is 8.56. The molecule has 0 aliphatic heterocycles. The third kappa shape index (κ3) is 2.13. The Labute approximate surface area is 108 Å². The summed E-state index contributed by atoms with van der Waals surface area (Å²) in [7, 11) is 0. The van der Waals surface area contributed by atoms with Crippen molar-refractivity contribution in [3.63, 3.8) is 0 Å². The lowest BCUT2D eigenvalue weighted by Gasteiger charge is -2.18. The van der Waals surface area contributed by atoms with Crippen LogP contribution < -0.4 is 0 Å². The van der Waals surface area contributed by atoms with E-state index in [-0.39, 0.29) is 16.8 Å². The second-order valence-corrected chi connectivity index (χ2v) is 4.30. The first kappa shape index (κ1) is 13.0. The van der Waals surface area contributed by atoms with Crippen LogP contribution in [0.3, 0.4) is 0 Å². The van der Waals surface area contributed by atoms with E-state index in [0.717, 1.165) is 0 Å². The Morgan fingerprint density at radius 2 is 2.06 bits per heavy atom. The minimum Gasteiger partial charge on any atom is -0.505 e. The number of aliphatic hydroxyl groups is 3. The number of halogens is 1. The van der Waals surface area contributed by atoms with Gasteiger partial charge in [0.15, 0.2) is 0 Å². The lowest BCUT2D eigenvalue weighted by molar-refractivity contribution is -0.0161. The highest BCUT2D eigenvalue weighted by atomic mass is 35.5. The zero-order chi connectivity index (χ0) is 13.3. The topological polar surface area (TPSA) is 93.8 Å². The molecule has 0 aliphatic rings. The molecule has 6 heteroatoms. The third-order valence-electron chi connectivity index (χ3n) is 2.72. The highest BCUT2D eigenvalue weighted by Gasteiger charge is 2.23. The van der Waals surface area contributed by atoms with E-state index in [2.05, 4.69) is 4.98 Å². The molecule has 2 aromatic rings. The van der Waals surface area contributed by atoms with Crippen LogP contribution in [0.25, 0.3) is 10.9 Å². The molecule has 1 heterocycles. The number of pyridine rings is 1. The predicted octanol–water partition coefficient (Wildman–Crippen LogP) is 0.980. The summed E-state index contributed by atoms with van der Waals surface area (Å²) < 4.78 is 0. The smallest absolute Gasteiger partial charge is 0.147 e. The van der Waals surface area contributed by atoms with E-state index in [9.17, 15) is 15.3 Å². The molecule has 2 rings (SSSR count). The maximum atomic E-state index is 10.0. The van der Waals surface area contributed by atoms with E-state index < -0.39 is 18.8 Å². The van der Waals surface area contributed by atoms with Crippen LogP contribution in [0.5, 0.6) is 5.75 Å². The molecule has 0 amide bonds. The maximum absolute atomic E-state index is 10.0. The van der Waals surface area contributed by atoms with Crippen molar-refractivity contribution in [1.29, 1.82) is 0 Å². The van der Waals surface area contributed by atoms with E-state index in [1.807, 2.05) is 0 Å². The van der Waals surface area contributed by atoms with Gasteiger partial charge < -0.3 is 20.4 Å². The van der Waals surface area contributed by atoms with Crippen LogP contribution in [0, 0.1) is 0 Å². The van der Waals surface area contributed by atoms with Gasteiger partial charge in [-0.25, -0.2) is 0 Å². The quantitative estimate of drug-likeness (QED) is 0.666. The van der Waals surface area contributed by atoms with Gasteiger partial charge in [0.2, 0.25) is 0 Å². The van der Waals surface area contributed by atoms with Gasteiger partial charge in [-0.2, -0.15) is 0 Å². The monoisotopic (exact) mass is 269 g/mol. The molecular weight excluding hydrogens is 258 g/mol. The molecule has 0 saturated heterocycles. The molecule has 0 fully saturated rings. The Kier molecular flexibility index (Phi) is 3.68.